The van der Waals surface area contributed by atoms with Crippen molar-refractivity contribution in [3.8, 4) is 5.69 Å². The molecule has 0 saturated carbocycles. The number of halogens is 2. The Hall–Kier alpha value is -2.77. The van der Waals surface area contributed by atoms with Gasteiger partial charge < -0.3 is 4.90 Å². The van der Waals surface area contributed by atoms with E-state index in [1.165, 1.54) is 37.8 Å². The van der Waals surface area contributed by atoms with Crippen LogP contribution in [0.2, 0.25) is 5.02 Å². The third kappa shape index (κ3) is 6.44. The van der Waals surface area contributed by atoms with Crippen LogP contribution in [0, 0.1) is 5.82 Å². The van der Waals surface area contributed by atoms with E-state index in [0.717, 1.165) is 19.3 Å². The first-order valence-corrected chi connectivity index (χ1v) is 14.3. The van der Waals surface area contributed by atoms with E-state index in [0.29, 0.717) is 55.0 Å². The molecule has 38 heavy (non-hydrogen) atoms. The number of hydrogen-bond acceptors (Lipinski definition) is 4. The number of carbonyl (C=O) groups is 1. The van der Waals surface area contributed by atoms with Gasteiger partial charge in [-0.3, -0.25) is 19.1 Å². The van der Waals surface area contributed by atoms with Gasteiger partial charge in [0.25, 0.3) is 5.56 Å². The lowest BCUT2D eigenvalue weighted by Crippen LogP contribution is -2.50. The molecule has 3 aromatic rings. The van der Waals surface area contributed by atoms with Gasteiger partial charge >= 0.3 is 0 Å². The molecular weight excluding hydrogens is 503 g/mol. The van der Waals surface area contributed by atoms with Gasteiger partial charge in [-0.1, -0.05) is 69.7 Å². The van der Waals surface area contributed by atoms with Gasteiger partial charge in [0.15, 0.2) is 0 Å². The number of carbonyl (C=O) groups excluding carboxylic acids is 1. The van der Waals surface area contributed by atoms with E-state index in [4.69, 9.17) is 16.6 Å². The Morgan fingerprint density at radius 3 is 2.42 bits per heavy atom. The summed E-state index contributed by atoms with van der Waals surface area (Å²) < 4.78 is 15.5. The van der Waals surface area contributed by atoms with Gasteiger partial charge in [-0.2, -0.15) is 0 Å². The molecule has 1 amide bonds. The highest BCUT2D eigenvalue weighted by Crippen LogP contribution is 2.28. The maximum atomic E-state index is 14.0. The van der Waals surface area contributed by atoms with Crippen LogP contribution >= 0.6 is 11.6 Å². The highest BCUT2D eigenvalue weighted by Gasteiger charge is 2.29. The van der Waals surface area contributed by atoms with E-state index < -0.39 is 5.82 Å². The summed E-state index contributed by atoms with van der Waals surface area (Å²) in [7, 11) is 0. The second-order valence-corrected chi connectivity index (χ2v) is 10.5. The van der Waals surface area contributed by atoms with Crippen LogP contribution in [0.15, 0.2) is 47.3 Å². The molecule has 2 aromatic carbocycles. The van der Waals surface area contributed by atoms with Gasteiger partial charge in [-0.15, -0.1) is 0 Å². The van der Waals surface area contributed by atoms with E-state index in [2.05, 4.69) is 18.7 Å². The summed E-state index contributed by atoms with van der Waals surface area (Å²) >= 11 is 6.10. The van der Waals surface area contributed by atoms with E-state index >= 15 is 0 Å². The molecule has 204 valence electrons. The van der Waals surface area contributed by atoms with Gasteiger partial charge in [0.05, 0.1) is 27.7 Å². The highest BCUT2D eigenvalue weighted by atomic mass is 35.5. The molecular formula is C30H38ClFN4O2. The monoisotopic (exact) mass is 540 g/mol. The van der Waals surface area contributed by atoms with Crippen LogP contribution in [0.25, 0.3) is 16.6 Å². The van der Waals surface area contributed by atoms with Crippen molar-refractivity contribution >= 4 is 28.4 Å². The molecule has 0 spiro atoms. The van der Waals surface area contributed by atoms with Crippen LogP contribution in [0.1, 0.15) is 77.1 Å². The molecule has 0 radical (unpaired) electrons. The first kappa shape index (κ1) is 28.2. The van der Waals surface area contributed by atoms with Crippen molar-refractivity contribution in [3.05, 3.63) is 69.5 Å². The van der Waals surface area contributed by atoms with Crippen molar-refractivity contribution in [2.75, 3.05) is 26.2 Å². The fourth-order valence-corrected chi connectivity index (χ4v) is 5.52. The van der Waals surface area contributed by atoms with Gasteiger partial charge in [-0.25, -0.2) is 9.37 Å². The molecule has 0 N–H and O–H groups in total. The standard InChI is InChI=1S/C30H38ClFN4O2/c1-3-5-6-7-8-9-14-28(37)35-19-17-34(18-20-35)27(4-2)29-33-26-13-11-10-12-23(26)30(38)36(29)22-15-16-25(32)24(31)21-22/h10-13,15-16,21,27H,3-9,14,17-20H2,1-2H3. The number of unbranched alkanes of at least 4 members (excludes halogenated alkanes) is 5. The van der Waals surface area contributed by atoms with Gasteiger partial charge in [0.1, 0.15) is 11.6 Å². The third-order valence-electron chi connectivity index (χ3n) is 7.50. The van der Waals surface area contributed by atoms with Crippen LogP contribution in [-0.4, -0.2) is 51.4 Å². The first-order valence-electron chi connectivity index (χ1n) is 13.9. The summed E-state index contributed by atoms with van der Waals surface area (Å²) in [5.41, 5.74) is 0.906. The molecule has 1 fully saturated rings. The number of nitrogens with zero attached hydrogens (tertiary/aromatic N) is 4. The SMILES string of the molecule is CCCCCCCCC(=O)N1CCN(C(CC)c2nc3ccccc3c(=O)n2-c2ccc(F)c(Cl)c2)CC1. The lowest BCUT2D eigenvalue weighted by atomic mass is 10.1. The summed E-state index contributed by atoms with van der Waals surface area (Å²) in [6.45, 7) is 7.00. The molecule has 1 atom stereocenters. The number of para-hydroxylation sites is 1. The topological polar surface area (TPSA) is 58.4 Å². The van der Waals surface area contributed by atoms with Crippen molar-refractivity contribution < 1.29 is 9.18 Å². The second kappa shape index (κ2) is 13.3. The Balaban J connectivity index is 1.54. The van der Waals surface area contributed by atoms with Crippen LogP contribution < -0.4 is 5.56 Å². The summed E-state index contributed by atoms with van der Waals surface area (Å²) in [5, 5.41) is 0.454. The molecule has 4 rings (SSSR count). The van der Waals surface area contributed by atoms with Crippen molar-refractivity contribution in [3.63, 3.8) is 0 Å². The lowest BCUT2D eigenvalue weighted by molar-refractivity contribution is -0.133. The second-order valence-electron chi connectivity index (χ2n) is 10.1. The lowest BCUT2D eigenvalue weighted by Gasteiger charge is -2.39. The molecule has 6 nitrogen and oxygen atoms in total. The Labute approximate surface area is 229 Å². The Morgan fingerprint density at radius 1 is 1.00 bits per heavy atom. The number of fused-ring (bicyclic) bond motifs is 1. The van der Waals surface area contributed by atoms with E-state index in [1.807, 2.05) is 23.1 Å². The summed E-state index contributed by atoms with van der Waals surface area (Å²) in [5.74, 6) is 0.299. The van der Waals surface area contributed by atoms with Crippen LogP contribution in [0.5, 0.6) is 0 Å². The van der Waals surface area contributed by atoms with Crippen LogP contribution in [0.3, 0.4) is 0 Å². The van der Waals surface area contributed by atoms with E-state index in [9.17, 15) is 14.0 Å². The zero-order valence-electron chi connectivity index (χ0n) is 22.5. The van der Waals surface area contributed by atoms with Crippen molar-refractivity contribution in [2.24, 2.45) is 0 Å². The van der Waals surface area contributed by atoms with Gasteiger partial charge in [-0.05, 0) is 43.2 Å². The molecule has 2 heterocycles. The molecule has 1 aliphatic heterocycles. The fraction of sp³-hybridized carbons (Fsp3) is 0.500. The first-order chi connectivity index (χ1) is 18.4. The minimum Gasteiger partial charge on any atom is -0.340 e. The molecule has 8 heteroatoms. The zero-order chi connectivity index (χ0) is 27.1. The minimum atomic E-state index is -0.535. The van der Waals surface area contributed by atoms with Crippen molar-refractivity contribution in [1.82, 2.24) is 19.4 Å². The van der Waals surface area contributed by atoms with Crippen LogP contribution in [0.4, 0.5) is 4.39 Å². The van der Waals surface area contributed by atoms with Crippen molar-refractivity contribution in [1.29, 1.82) is 0 Å². The number of hydrogen-bond donors (Lipinski definition) is 0. The van der Waals surface area contributed by atoms with E-state index in [1.54, 1.807) is 16.7 Å². The molecule has 1 saturated heterocycles. The highest BCUT2D eigenvalue weighted by molar-refractivity contribution is 6.30. The summed E-state index contributed by atoms with van der Waals surface area (Å²) in [6, 6.07) is 11.4. The zero-order valence-corrected chi connectivity index (χ0v) is 23.2. The number of amides is 1. The normalized spacial score (nSPS) is 15.2. The number of benzene rings is 2. The molecule has 1 aliphatic rings. The molecule has 0 bridgehead atoms. The maximum absolute atomic E-state index is 14.0. The largest absolute Gasteiger partial charge is 0.340 e. The Morgan fingerprint density at radius 2 is 1.71 bits per heavy atom. The fourth-order valence-electron chi connectivity index (χ4n) is 5.35. The third-order valence-corrected chi connectivity index (χ3v) is 7.79. The Bertz CT molecular complexity index is 1300. The minimum absolute atomic E-state index is 0.0425. The predicted molar refractivity (Wildman–Crippen MR) is 151 cm³/mol. The summed E-state index contributed by atoms with van der Waals surface area (Å²) in [4.78, 5) is 35.7. The average molecular weight is 541 g/mol. The maximum Gasteiger partial charge on any atom is 0.266 e. The molecule has 1 unspecified atom stereocenters. The Kier molecular flexibility index (Phi) is 9.91. The molecule has 1 aromatic heterocycles. The number of piperazine rings is 1. The van der Waals surface area contributed by atoms with Crippen LogP contribution in [-0.2, 0) is 4.79 Å². The van der Waals surface area contributed by atoms with E-state index in [-0.39, 0.29) is 22.5 Å². The molecule has 0 aliphatic carbocycles. The quantitative estimate of drug-likeness (QED) is 0.260. The summed E-state index contributed by atoms with van der Waals surface area (Å²) in [6.07, 6.45) is 8.35. The van der Waals surface area contributed by atoms with Gasteiger partial charge in [0, 0.05) is 32.6 Å². The number of aromatic nitrogens is 2. The number of rotatable bonds is 11. The van der Waals surface area contributed by atoms with Gasteiger partial charge in [0.2, 0.25) is 5.91 Å². The smallest absolute Gasteiger partial charge is 0.266 e. The average Bonchev–Trinajstić information content (AvgIpc) is 2.93. The van der Waals surface area contributed by atoms with Crippen molar-refractivity contribution in [2.45, 2.75) is 71.3 Å². The predicted octanol–water partition coefficient (Wildman–Crippen LogP) is 6.52.